The number of carboxylic acid groups (broad SMARTS) is 1. The van der Waals surface area contributed by atoms with E-state index in [1.54, 1.807) is 0 Å². The maximum atomic E-state index is 10.7. The fourth-order valence-corrected chi connectivity index (χ4v) is 2.88. The Labute approximate surface area is 108 Å². The van der Waals surface area contributed by atoms with Crippen molar-refractivity contribution in [3.05, 3.63) is 29.3 Å². The van der Waals surface area contributed by atoms with E-state index >= 15 is 0 Å². The first-order valence-electron chi connectivity index (χ1n) is 6.63. The van der Waals surface area contributed by atoms with E-state index in [4.69, 9.17) is 5.11 Å². The lowest BCUT2D eigenvalue weighted by Crippen LogP contribution is -2.29. The molecule has 0 spiro atoms. The molecular formula is C15H21NO2. The SMILES string of the molecule is Cc1cc(C)cc(N2CCCC2CCC(=O)O)c1. The van der Waals surface area contributed by atoms with Gasteiger partial charge in [0.05, 0.1) is 0 Å². The summed E-state index contributed by atoms with van der Waals surface area (Å²) >= 11 is 0. The second kappa shape index (κ2) is 5.42. The molecule has 1 N–H and O–H groups in total. The van der Waals surface area contributed by atoms with Gasteiger partial charge in [0.25, 0.3) is 0 Å². The van der Waals surface area contributed by atoms with E-state index in [1.807, 2.05) is 0 Å². The van der Waals surface area contributed by atoms with Crippen molar-refractivity contribution in [2.45, 2.75) is 45.6 Å². The topological polar surface area (TPSA) is 40.5 Å². The molecule has 0 saturated carbocycles. The highest BCUT2D eigenvalue weighted by molar-refractivity contribution is 5.66. The molecule has 0 amide bonds. The van der Waals surface area contributed by atoms with Crippen LogP contribution in [0, 0.1) is 13.8 Å². The fraction of sp³-hybridized carbons (Fsp3) is 0.533. The molecule has 98 valence electrons. The maximum Gasteiger partial charge on any atom is 0.303 e. The molecule has 1 aromatic carbocycles. The average molecular weight is 247 g/mol. The van der Waals surface area contributed by atoms with E-state index in [-0.39, 0.29) is 6.42 Å². The standard InChI is InChI=1S/C15H21NO2/c1-11-8-12(2)10-14(9-11)16-7-3-4-13(16)5-6-15(17)18/h8-10,13H,3-7H2,1-2H3,(H,17,18). The second-order valence-electron chi connectivity index (χ2n) is 5.27. The van der Waals surface area contributed by atoms with Gasteiger partial charge in [-0.1, -0.05) is 6.07 Å². The molecule has 0 aliphatic carbocycles. The normalized spacial score (nSPS) is 19.2. The molecule has 0 bridgehead atoms. The Morgan fingerprint density at radius 3 is 2.61 bits per heavy atom. The van der Waals surface area contributed by atoms with Crippen LogP contribution < -0.4 is 4.90 Å². The van der Waals surface area contributed by atoms with Crippen LogP contribution in [0.15, 0.2) is 18.2 Å². The molecular weight excluding hydrogens is 226 g/mol. The van der Waals surface area contributed by atoms with Crippen molar-refractivity contribution in [2.24, 2.45) is 0 Å². The monoisotopic (exact) mass is 247 g/mol. The Morgan fingerprint density at radius 1 is 1.33 bits per heavy atom. The summed E-state index contributed by atoms with van der Waals surface area (Å²) in [6.07, 6.45) is 3.30. The van der Waals surface area contributed by atoms with Gasteiger partial charge in [-0.3, -0.25) is 4.79 Å². The highest BCUT2D eigenvalue weighted by Crippen LogP contribution is 2.29. The lowest BCUT2D eigenvalue weighted by molar-refractivity contribution is -0.137. The first kappa shape index (κ1) is 12.9. The van der Waals surface area contributed by atoms with Crippen LogP contribution in [0.2, 0.25) is 0 Å². The van der Waals surface area contributed by atoms with Crippen molar-refractivity contribution < 1.29 is 9.90 Å². The first-order chi connectivity index (χ1) is 8.56. The average Bonchev–Trinajstić information content (AvgIpc) is 2.72. The summed E-state index contributed by atoms with van der Waals surface area (Å²) in [4.78, 5) is 13.1. The summed E-state index contributed by atoms with van der Waals surface area (Å²) in [6, 6.07) is 6.96. The Morgan fingerprint density at radius 2 is 2.00 bits per heavy atom. The first-order valence-corrected chi connectivity index (χ1v) is 6.63. The number of aliphatic carboxylic acids is 1. The van der Waals surface area contributed by atoms with Crippen LogP contribution in [0.1, 0.15) is 36.8 Å². The summed E-state index contributed by atoms with van der Waals surface area (Å²) in [5, 5.41) is 8.80. The number of aryl methyl sites for hydroxylation is 2. The number of nitrogens with zero attached hydrogens (tertiary/aromatic N) is 1. The molecule has 1 heterocycles. The third-order valence-corrected chi connectivity index (χ3v) is 3.61. The van der Waals surface area contributed by atoms with Crippen LogP contribution in [-0.2, 0) is 4.79 Å². The third kappa shape index (κ3) is 3.03. The lowest BCUT2D eigenvalue weighted by Gasteiger charge is -2.27. The van der Waals surface area contributed by atoms with Crippen molar-refractivity contribution in [1.29, 1.82) is 0 Å². The van der Waals surface area contributed by atoms with Gasteiger partial charge in [-0.25, -0.2) is 0 Å². The Balaban J connectivity index is 2.12. The predicted octanol–water partition coefficient (Wildman–Crippen LogP) is 3.14. The molecule has 0 radical (unpaired) electrons. The Bertz CT molecular complexity index is 422. The zero-order valence-corrected chi connectivity index (χ0v) is 11.1. The summed E-state index contributed by atoms with van der Waals surface area (Å²) < 4.78 is 0. The van der Waals surface area contributed by atoms with Crippen molar-refractivity contribution in [3.8, 4) is 0 Å². The molecule has 1 saturated heterocycles. The van der Waals surface area contributed by atoms with Gasteiger partial charge in [0.1, 0.15) is 0 Å². The van der Waals surface area contributed by atoms with Gasteiger partial charge in [-0.2, -0.15) is 0 Å². The van der Waals surface area contributed by atoms with Crippen molar-refractivity contribution in [3.63, 3.8) is 0 Å². The van der Waals surface area contributed by atoms with Crippen LogP contribution in [0.3, 0.4) is 0 Å². The number of carbonyl (C=O) groups is 1. The van der Waals surface area contributed by atoms with Gasteiger partial charge in [-0.15, -0.1) is 0 Å². The summed E-state index contributed by atoms with van der Waals surface area (Å²) in [6.45, 7) is 5.27. The molecule has 1 fully saturated rings. The molecule has 1 atom stereocenters. The summed E-state index contributed by atoms with van der Waals surface area (Å²) in [7, 11) is 0. The van der Waals surface area contributed by atoms with E-state index in [0.29, 0.717) is 6.04 Å². The second-order valence-corrected chi connectivity index (χ2v) is 5.27. The molecule has 1 aliphatic rings. The number of anilines is 1. The van der Waals surface area contributed by atoms with E-state index in [0.717, 1.165) is 25.8 Å². The summed E-state index contributed by atoms with van der Waals surface area (Å²) in [5.74, 6) is -0.692. The number of benzene rings is 1. The van der Waals surface area contributed by atoms with Crippen molar-refractivity contribution in [2.75, 3.05) is 11.4 Å². The number of carboxylic acids is 1. The molecule has 3 nitrogen and oxygen atoms in total. The van der Waals surface area contributed by atoms with E-state index in [2.05, 4.69) is 36.9 Å². The molecule has 1 aliphatic heterocycles. The minimum atomic E-state index is -0.692. The van der Waals surface area contributed by atoms with Crippen LogP contribution in [0.4, 0.5) is 5.69 Å². The van der Waals surface area contributed by atoms with E-state index in [1.165, 1.54) is 16.8 Å². The maximum absolute atomic E-state index is 10.7. The third-order valence-electron chi connectivity index (χ3n) is 3.61. The molecule has 1 unspecified atom stereocenters. The Hall–Kier alpha value is -1.51. The van der Waals surface area contributed by atoms with Gasteiger partial charge in [0, 0.05) is 24.7 Å². The van der Waals surface area contributed by atoms with Crippen LogP contribution in [0.25, 0.3) is 0 Å². The highest BCUT2D eigenvalue weighted by Gasteiger charge is 2.25. The number of rotatable bonds is 4. The van der Waals surface area contributed by atoms with Gasteiger partial charge < -0.3 is 10.0 Å². The predicted molar refractivity (Wildman–Crippen MR) is 73.2 cm³/mol. The zero-order valence-electron chi connectivity index (χ0n) is 11.1. The van der Waals surface area contributed by atoms with E-state index < -0.39 is 5.97 Å². The van der Waals surface area contributed by atoms with Gasteiger partial charge in [0.2, 0.25) is 0 Å². The molecule has 0 aromatic heterocycles. The molecule has 1 aromatic rings. The fourth-order valence-electron chi connectivity index (χ4n) is 2.88. The van der Waals surface area contributed by atoms with E-state index in [9.17, 15) is 4.79 Å². The minimum absolute atomic E-state index is 0.270. The van der Waals surface area contributed by atoms with Gasteiger partial charge in [0.15, 0.2) is 0 Å². The van der Waals surface area contributed by atoms with Gasteiger partial charge in [-0.05, 0) is 56.4 Å². The molecule has 18 heavy (non-hydrogen) atoms. The molecule has 2 rings (SSSR count). The van der Waals surface area contributed by atoms with Crippen molar-refractivity contribution in [1.82, 2.24) is 0 Å². The largest absolute Gasteiger partial charge is 0.481 e. The minimum Gasteiger partial charge on any atom is -0.481 e. The molecule has 3 heteroatoms. The lowest BCUT2D eigenvalue weighted by atomic mass is 10.1. The number of hydrogen-bond acceptors (Lipinski definition) is 2. The summed E-state index contributed by atoms with van der Waals surface area (Å²) in [5.41, 5.74) is 3.79. The van der Waals surface area contributed by atoms with Gasteiger partial charge >= 0.3 is 5.97 Å². The van der Waals surface area contributed by atoms with Crippen LogP contribution >= 0.6 is 0 Å². The zero-order chi connectivity index (χ0) is 13.1. The van der Waals surface area contributed by atoms with Crippen molar-refractivity contribution >= 4 is 11.7 Å². The Kier molecular flexibility index (Phi) is 3.90. The highest BCUT2D eigenvalue weighted by atomic mass is 16.4. The number of hydrogen-bond donors (Lipinski definition) is 1. The van der Waals surface area contributed by atoms with Crippen LogP contribution in [-0.4, -0.2) is 23.7 Å². The van der Waals surface area contributed by atoms with Crippen LogP contribution in [0.5, 0.6) is 0 Å². The smallest absolute Gasteiger partial charge is 0.303 e. The quantitative estimate of drug-likeness (QED) is 0.888.